The minimum Gasteiger partial charge on any atom is -0.379 e. The third-order valence-electron chi connectivity index (χ3n) is 3.68. The van der Waals surface area contributed by atoms with Crippen LogP contribution in [0.15, 0.2) is 41.3 Å². The van der Waals surface area contributed by atoms with Crippen molar-refractivity contribution in [1.29, 1.82) is 0 Å². The molecule has 0 unspecified atom stereocenters. The molecule has 0 aliphatic carbocycles. The van der Waals surface area contributed by atoms with E-state index in [9.17, 15) is 4.79 Å². The van der Waals surface area contributed by atoms with Crippen molar-refractivity contribution >= 4 is 34.1 Å². The van der Waals surface area contributed by atoms with Crippen molar-refractivity contribution in [2.24, 2.45) is 0 Å². The number of nitrogens with zero attached hydrogens (tertiary/aromatic N) is 3. The second kappa shape index (κ2) is 9.10. The lowest BCUT2D eigenvalue weighted by Gasteiger charge is -2.26. The van der Waals surface area contributed by atoms with Crippen molar-refractivity contribution in [3.05, 3.63) is 48.0 Å². The van der Waals surface area contributed by atoms with E-state index in [1.165, 1.54) is 16.9 Å². The minimum atomic E-state index is -0.172. The Hall–Kier alpha value is -1.74. The summed E-state index contributed by atoms with van der Waals surface area (Å²) in [4.78, 5) is 14.7. The van der Waals surface area contributed by atoms with Gasteiger partial charge in [-0.25, -0.2) is 0 Å². The number of carbonyl (C=O) groups excluding carboxylic acids is 1. The smallest absolute Gasteiger partial charge is 0.257 e. The van der Waals surface area contributed by atoms with Gasteiger partial charge >= 0.3 is 0 Å². The average molecular weight is 377 g/mol. The lowest BCUT2D eigenvalue weighted by molar-refractivity contribution is 0.0342. The van der Waals surface area contributed by atoms with Gasteiger partial charge in [0.2, 0.25) is 5.13 Å². The first-order valence-corrected chi connectivity index (χ1v) is 9.82. The first-order valence-electron chi connectivity index (χ1n) is 8.02. The molecule has 1 aromatic heterocycles. The molecule has 0 bridgehead atoms. The highest BCUT2D eigenvalue weighted by molar-refractivity contribution is 8.01. The first kappa shape index (κ1) is 18.1. The highest BCUT2D eigenvalue weighted by atomic mass is 32.2. The molecule has 1 fully saturated rings. The average Bonchev–Trinajstić information content (AvgIpc) is 3.08. The minimum absolute atomic E-state index is 0.172. The molecular formula is C17H20N4O2S2. The van der Waals surface area contributed by atoms with Crippen molar-refractivity contribution in [2.45, 2.75) is 10.9 Å². The van der Waals surface area contributed by atoms with Crippen LogP contribution in [0, 0.1) is 0 Å². The molecule has 1 amide bonds. The Bertz CT molecular complexity index is 712. The van der Waals surface area contributed by atoms with Gasteiger partial charge in [-0.05, 0) is 17.7 Å². The number of morpholine rings is 1. The molecule has 1 aliphatic heterocycles. The van der Waals surface area contributed by atoms with Crippen LogP contribution in [0.2, 0.25) is 0 Å². The SMILES string of the molecule is C=CCSc1nnc(NC(=O)c2ccc(CN3CCOCC3)cc2)s1. The Balaban J connectivity index is 1.54. The number of ether oxygens (including phenoxy) is 1. The molecule has 3 rings (SSSR count). The summed E-state index contributed by atoms with van der Waals surface area (Å²) in [5.74, 6) is 0.599. The number of anilines is 1. The summed E-state index contributed by atoms with van der Waals surface area (Å²) >= 11 is 2.91. The number of amides is 1. The number of hydrogen-bond donors (Lipinski definition) is 1. The van der Waals surface area contributed by atoms with E-state index in [2.05, 4.69) is 27.0 Å². The number of nitrogens with one attached hydrogen (secondary N) is 1. The molecule has 0 spiro atoms. The zero-order chi connectivity index (χ0) is 17.5. The Morgan fingerprint density at radius 3 is 2.80 bits per heavy atom. The van der Waals surface area contributed by atoms with Crippen molar-refractivity contribution in [3.63, 3.8) is 0 Å². The molecule has 0 radical (unpaired) electrons. The summed E-state index contributed by atoms with van der Waals surface area (Å²) in [6.07, 6.45) is 1.81. The fourth-order valence-corrected chi connectivity index (χ4v) is 3.91. The molecule has 0 saturated carbocycles. The third-order valence-corrected chi connectivity index (χ3v) is 5.65. The van der Waals surface area contributed by atoms with E-state index in [4.69, 9.17) is 4.74 Å². The van der Waals surface area contributed by atoms with Gasteiger partial charge in [-0.3, -0.25) is 15.0 Å². The normalized spacial score (nSPS) is 15.0. The van der Waals surface area contributed by atoms with Gasteiger partial charge in [0, 0.05) is 31.0 Å². The zero-order valence-electron chi connectivity index (χ0n) is 13.8. The summed E-state index contributed by atoms with van der Waals surface area (Å²) in [5.41, 5.74) is 1.80. The van der Waals surface area contributed by atoms with Crippen LogP contribution in [-0.4, -0.2) is 53.1 Å². The standard InChI is InChI=1S/C17H20N4O2S2/c1-2-11-24-17-20-19-16(25-17)18-15(22)14-5-3-13(4-6-14)12-21-7-9-23-10-8-21/h2-6H,1,7-12H2,(H,18,19,22). The number of carbonyl (C=O) groups is 1. The fraction of sp³-hybridized carbons (Fsp3) is 0.353. The Kier molecular flexibility index (Phi) is 6.57. The van der Waals surface area contributed by atoms with Gasteiger partial charge in [0.15, 0.2) is 4.34 Å². The number of rotatable bonds is 7. The Morgan fingerprint density at radius 1 is 1.32 bits per heavy atom. The molecule has 1 aliphatic rings. The maximum atomic E-state index is 12.3. The summed E-state index contributed by atoms with van der Waals surface area (Å²) in [6.45, 7) is 8.03. The molecule has 1 N–H and O–H groups in total. The summed E-state index contributed by atoms with van der Waals surface area (Å²) < 4.78 is 6.17. The molecular weight excluding hydrogens is 356 g/mol. The third kappa shape index (κ3) is 5.37. The molecule has 2 heterocycles. The summed E-state index contributed by atoms with van der Waals surface area (Å²) in [7, 11) is 0. The number of hydrogen-bond acceptors (Lipinski definition) is 7. The largest absolute Gasteiger partial charge is 0.379 e. The highest BCUT2D eigenvalue weighted by Gasteiger charge is 2.13. The highest BCUT2D eigenvalue weighted by Crippen LogP contribution is 2.25. The predicted octanol–water partition coefficient (Wildman–Crippen LogP) is 2.90. The van der Waals surface area contributed by atoms with Gasteiger partial charge in [-0.15, -0.1) is 16.8 Å². The van der Waals surface area contributed by atoms with E-state index in [0.717, 1.165) is 42.9 Å². The van der Waals surface area contributed by atoms with Gasteiger partial charge in [0.05, 0.1) is 13.2 Å². The second-order valence-corrected chi connectivity index (χ2v) is 7.76. The maximum Gasteiger partial charge on any atom is 0.257 e. The van der Waals surface area contributed by atoms with Crippen molar-refractivity contribution in [1.82, 2.24) is 15.1 Å². The molecule has 6 nitrogen and oxygen atoms in total. The van der Waals surface area contributed by atoms with Crippen LogP contribution < -0.4 is 5.32 Å². The van der Waals surface area contributed by atoms with Gasteiger partial charge < -0.3 is 4.74 Å². The Morgan fingerprint density at radius 2 is 2.08 bits per heavy atom. The fourth-order valence-electron chi connectivity index (χ4n) is 2.40. The van der Waals surface area contributed by atoms with Crippen LogP contribution >= 0.6 is 23.1 Å². The predicted molar refractivity (Wildman–Crippen MR) is 101 cm³/mol. The van der Waals surface area contributed by atoms with E-state index < -0.39 is 0 Å². The first-order chi connectivity index (χ1) is 12.2. The van der Waals surface area contributed by atoms with E-state index in [1.54, 1.807) is 11.8 Å². The van der Waals surface area contributed by atoms with E-state index in [0.29, 0.717) is 10.7 Å². The lowest BCUT2D eigenvalue weighted by atomic mass is 10.1. The molecule has 2 aromatic rings. The zero-order valence-corrected chi connectivity index (χ0v) is 15.4. The van der Waals surface area contributed by atoms with Gasteiger partial charge in [-0.1, -0.05) is 41.3 Å². The topological polar surface area (TPSA) is 67.4 Å². The monoisotopic (exact) mass is 376 g/mol. The van der Waals surface area contributed by atoms with E-state index >= 15 is 0 Å². The molecule has 25 heavy (non-hydrogen) atoms. The molecule has 1 saturated heterocycles. The summed E-state index contributed by atoms with van der Waals surface area (Å²) in [5, 5.41) is 11.3. The molecule has 0 atom stereocenters. The van der Waals surface area contributed by atoms with Crippen LogP contribution in [-0.2, 0) is 11.3 Å². The second-order valence-electron chi connectivity index (χ2n) is 5.51. The van der Waals surface area contributed by atoms with Crippen LogP contribution in [0.5, 0.6) is 0 Å². The number of benzene rings is 1. The van der Waals surface area contributed by atoms with Gasteiger partial charge in [0.25, 0.3) is 5.91 Å². The van der Waals surface area contributed by atoms with Crippen LogP contribution in [0.3, 0.4) is 0 Å². The van der Waals surface area contributed by atoms with Crippen molar-refractivity contribution in [2.75, 3.05) is 37.4 Å². The molecule has 1 aromatic carbocycles. The lowest BCUT2D eigenvalue weighted by Crippen LogP contribution is -2.35. The molecule has 132 valence electrons. The van der Waals surface area contributed by atoms with Crippen molar-refractivity contribution < 1.29 is 9.53 Å². The Labute approximate surface area is 155 Å². The number of thioether (sulfide) groups is 1. The van der Waals surface area contributed by atoms with Gasteiger partial charge in [-0.2, -0.15) is 0 Å². The quantitative estimate of drug-likeness (QED) is 0.455. The van der Waals surface area contributed by atoms with Crippen LogP contribution in [0.1, 0.15) is 15.9 Å². The van der Waals surface area contributed by atoms with E-state index in [1.807, 2.05) is 30.3 Å². The van der Waals surface area contributed by atoms with Gasteiger partial charge in [0.1, 0.15) is 0 Å². The molecule has 8 heteroatoms. The van der Waals surface area contributed by atoms with Crippen LogP contribution in [0.4, 0.5) is 5.13 Å². The van der Waals surface area contributed by atoms with Crippen molar-refractivity contribution in [3.8, 4) is 0 Å². The summed E-state index contributed by atoms with van der Waals surface area (Å²) in [6, 6.07) is 7.69. The van der Waals surface area contributed by atoms with E-state index in [-0.39, 0.29) is 5.91 Å². The maximum absolute atomic E-state index is 12.3. The van der Waals surface area contributed by atoms with Crippen LogP contribution in [0.25, 0.3) is 0 Å². The number of aromatic nitrogens is 2.